The molecule has 3 aromatic rings. The van der Waals surface area contributed by atoms with Crippen LogP contribution in [-0.4, -0.2) is 32.3 Å². The van der Waals surface area contributed by atoms with Crippen molar-refractivity contribution in [2.24, 2.45) is 0 Å². The molecular weight excluding hydrogens is 424 g/mol. The summed E-state index contributed by atoms with van der Waals surface area (Å²) in [7, 11) is -2.39. The van der Waals surface area contributed by atoms with Crippen LogP contribution in [0.3, 0.4) is 0 Å². The summed E-state index contributed by atoms with van der Waals surface area (Å²) in [5.74, 6) is 0.200. The largest absolute Gasteiger partial charge is 0.496 e. The van der Waals surface area contributed by atoms with Gasteiger partial charge in [-0.05, 0) is 60.4 Å². The molecule has 7 heteroatoms. The summed E-state index contributed by atoms with van der Waals surface area (Å²) in [6.45, 7) is 3.61. The Morgan fingerprint density at radius 3 is 2.25 bits per heavy atom. The van der Waals surface area contributed by atoms with Crippen molar-refractivity contribution in [3.05, 3.63) is 89.5 Å². The predicted molar refractivity (Wildman–Crippen MR) is 126 cm³/mol. The monoisotopic (exact) mass is 452 g/mol. The van der Waals surface area contributed by atoms with Gasteiger partial charge in [0.15, 0.2) is 0 Å². The minimum absolute atomic E-state index is 0.0798. The highest BCUT2D eigenvalue weighted by molar-refractivity contribution is 7.89. The molecule has 0 fully saturated rings. The molecule has 0 aromatic heterocycles. The Hall–Kier alpha value is -3.16. The maximum absolute atomic E-state index is 13.5. The fraction of sp³-hybridized carbons (Fsp3) is 0.240. The number of carbonyl (C=O) groups excluding carboxylic acids is 1. The summed E-state index contributed by atoms with van der Waals surface area (Å²) in [4.78, 5) is 12.9. The van der Waals surface area contributed by atoms with Crippen LogP contribution in [0.4, 0.5) is 5.69 Å². The summed E-state index contributed by atoms with van der Waals surface area (Å²) in [5, 5.41) is 2.80. The van der Waals surface area contributed by atoms with Crippen LogP contribution in [0.2, 0.25) is 0 Å². The van der Waals surface area contributed by atoms with Crippen LogP contribution in [0.1, 0.15) is 23.6 Å². The molecular formula is C25H28N2O4S. The van der Waals surface area contributed by atoms with Gasteiger partial charge >= 0.3 is 0 Å². The Kier molecular flexibility index (Phi) is 7.66. The van der Waals surface area contributed by atoms with E-state index in [9.17, 15) is 13.2 Å². The number of methoxy groups -OCH3 is 1. The second-order valence-electron chi connectivity index (χ2n) is 7.49. The van der Waals surface area contributed by atoms with Gasteiger partial charge in [0.05, 0.1) is 18.6 Å². The predicted octanol–water partition coefficient (Wildman–Crippen LogP) is 4.40. The number of nitrogens with one attached hydrogen (secondary N) is 1. The molecule has 32 heavy (non-hydrogen) atoms. The van der Waals surface area contributed by atoms with Gasteiger partial charge < -0.3 is 10.1 Å². The number of ether oxygens (including phenoxy) is 1. The van der Waals surface area contributed by atoms with Crippen molar-refractivity contribution < 1.29 is 17.9 Å². The summed E-state index contributed by atoms with van der Waals surface area (Å²) in [5.41, 5.74) is 3.28. The first kappa shape index (κ1) is 23.5. The van der Waals surface area contributed by atoms with Crippen molar-refractivity contribution in [3.63, 3.8) is 0 Å². The molecule has 1 amide bonds. The number of hydrogen-bond acceptors (Lipinski definition) is 4. The van der Waals surface area contributed by atoms with Crippen molar-refractivity contribution in [3.8, 4) is 5.75 Å². The number of hydrogen-bond donors (Lipinski definition) is 1. The van der Waals surface area contributed by atoms with Gasteiger partial charge in [-0.1, -0.05) is 49.4 Å². The van der Waals surface area contributed by atoms with Gasteiger partial charge in [0.2, 0.25) is 15.9 Å². The highest BCUT2D eigenvalue weighted by atomic mass is 32.2. The molecule has 0 aliphatic heterocycles. The van der Waals surface area contributed by atoms with E-state index in [0.717, 1.165) is 17.5 Å². The third-order valence-electron chi connectivity index (χ3n) is 5.17. The molecule has 0 saturated carbocycles. The van der Waals surface area contributed by atoms with Gasteiger partial charge in [-0.2, -0.15) is 4.31 Å². The second-order valence-corrected chi connectivity index (χ2v) is 9.43. The Balaban J connectivity index is 1.86. The molecule has 0 unspecified atom stereocenters. The summed E-state index contributed by atoms with van der Waals surface area (Å²) in [6, 6.07) is 21.4. The van der Waals surface area contributed by atoms with Crippen molar-refractivity contribution >= 4 is 21.6 Å². The van der Waals surface area contributed by atoms with Crippen LogP contribution >= 0.6 is 0 Å². The zero-order chi connectivity index (χ0) is 23.1. The number of rotatable bonds is 9. The number of anilines is 1. The van der Waals surface area contributed by atoms with E-state index in [4.69, 9.17) is 4.74 Å². The molecule has 0 atom stereocenters. The highest BCUT2D eigenvalue weighted by Crippen LogP contribution is 2.25. The minimum Gasteiger partial charge on any atom is -0.496 e. The number of carbonyl (C=O) groups is 1. The zero-order valence-electron chi connectivity index (χ0n) is 18.5. The molecule has 6 nitrogen and oxygen atoms in total. The molecule has 168 valence electrons. The lowest BCUT2D eigenvalue weighted by molar-refractivity contribution is -0.116. The van der Waals surface area contributed by atoms with Crippen molar-refractivity contribution in [1.82, 2.24) is 4.31 Å². The molecule has 1 N–H and O–H groups in total. The quantitative estimate of drug-likeness (QED) is 0.522. The summed E-state index contributed by atoms with van der Waals surface area (Å²) < 4.78 is 33.4. The molecule has 3 rings (SSSR count). The lowest BCUT2D eigenvalue weighted by Crippen LogP contribution is -2.37. The van der Waals surface area contributed by atoms with E-state index >= 15 is 0 Å². The van der Waals surface area contributed by atoms with Gasteiger partial charge in [0, 0.05) is 12.2 Å². The van der Waals surface area contributed by atoms with Gasteiger partial charge in [-0.3, -0.25) is 4.79 Å². The highest BCUT2D eigenvalue weighted by Gasteiger charge is 2.27. The first-order chi connectivity index (χ1) is 15.3. The van der Waals surface area contributed by atoms with E-state index in [0.29, 0.717) is 17.0 Å². The standard InChI is InChI=1S/C25H28N2O4S/c1-4-20-10-12-22(13-11-20)26-25(28)18-27(17-21-8-6-5-7-9-21)32(29,30)23-14-15-24(31-3)19(2)16-23/h5-16H,4,17-18H2,1-3H3,(H,26,28). The van der Waals surface area contributed by atoms with E-state index in [1.165, 1.54) is 17.5 Å². The van der Waals surface area contributed by atoms with Gasteiger partial charge in [-0.15, -0.1) is 0 Å². The topological polar surface area (TPSA) is 75.7 Å². The first-order valence-electron chi connectivity index (χ1n) is 10.4. The summed E-state index contributed by atoms with van der Waals surface area (Å²) >= 11 is 0. The van der Waals surface area contributed by atoms with Gasteiger partial charge in [-0.25, -0.2) is 8.42 Å². The van der Waals surface area contributed by atoms with Crippen molar-refractivity contribution in [2.75, 3.05) is 19.0 Å². The molecule has 0 bridgehead atoms. The summed E-state index contributed by atoms with van der Waals surface area (Å²) in [6.07, 6.45) is 0.901. The lowest BCUT2D eigenvalue weighted by atomic mass is 10.1. The Labute approximate surface area is 189 Å². The smallest absolute Gasteiger partial charge is 0.243 e. The van der Waals surface area contributed by atoms with Gasteiger partial charge in [0.25, 0.3) is 0 Å². The fourth-order valence-corrected chi connectivity index (χ4v) is 4.83. The normalized spacial score (nSPS) is 11.4. The number of nitrogens with zero attached hydrogens (tertiary/aromatic N) is 1. The lowest BCUT2D eigenvalue weighted by Gasteiger charge is -2.22. The van der Waals surface area contributed by atoms with E-state index in [-0.39, 0.29) is 18.0 Å². The molecule has 0 aliphatic rings. The SMILES string of the molecule is CCc1ccc(NC(=O)CN(Cc2ccccc2)S(=O)(=O)c2ccc(OC)c(C)c2)cc1. The van der Waals surface area contributed by atoms with E-state index in [1.807, 2.05) is 54.6 Å². The minimum atomic E-state index is -3.93. The van der Waals surface area contributed by atoms with E-state index in [2.05, 4.69) is 12.2 Å². The van der Waals surface area contributed by atoms with Gasteiger partial charge in [0.1, 0.15) is 5.75 Å². The molecule has 0 aliphatic carbocycles. The van der Waals surface area contributed by atoms with Crippen LogP contribution in [0.5, 0.6) is 5.75 Å². The van der Waals surface area contributed by atoms with E-state index < -0.39 is 15.9 Å². The number of amides is 1. The van der Waals surface area contributed by atoms with Crippen LogP contribution in [0, 0.1) is 6.92 Å². The number of sulfonamides is 1. The average Bonchev–Trinajstić information content (AvgIpc) is 2.79. The fourth-order valence-electron chi connectivity index (χ4n) is 3.36. The van der Waals surface area contributed by atoms with Crippen molar-refractivity contribution in [2.45, 2.75) is 31.7 Å². The third kappa shape index (κ3) is 5.75. The Morgan fingerprint density at radius 1 is 0.969 bits per heavy atom. The van der Waals surface area contributed by atoms with Crippen LogP contribution in [0.15, 0.2) is 77.7 Å². The number of benzene rings is 3. The third-order valence-corrected chi connectivity index (χ3v) is 6.96. The van der Waals surface area contributed by atoms with Crippen LogP contribution in [-0.2, 0) is 27.8 Å². The molecule has 0 radical (unpaired) electrons. The molecule has 0 heterocycles. The Morgan fingerprint density at radius 2 is 1.66 bits per heavy atom. The maximum Gasteiger partial charge on any atom is 0.243 e. The average molecular weight is 453 g/mol. The zero-order valence-corrected chi connectivity index (χ0v) is 19.4. The molecule has 3 aromatic carbocycles. The van der Waals surface area contributed by atoms with E-state index in [1.54, 1.807) is 19.1 Å². The Bertz CT molecular complexity index is 1160. The molecule has 0 saturated heterocycles. The first-order valence-corrected chi connectivity index (χ1v) is 11.8. The number of aryl methyl sites for hydroxylation is 2. The van der Waals surface area contributed by atoms with Crippen LogP contribution < -0.4 is 10.1 Å². The van der Waals surface area contributed by atoms with Crippen LogP contribution in [0.25, 0.3) is 0 Å². The van der Waals surface area contributed by atoms with Crippen molar-refractivity contribution in [1.29, 1.82) is 0 Å². The second kappa shape index (κ2) is 10.4. The molecule has 0 spiro atoms. The maximum atomic E-state index is 13.5.